The smallest absolute Gasteiger partial charge is 0.208 e. The van der Waals surface area contributed by atoms with Crippen LogP contribution in [0.25, 0.3) is 164 Å². The van der Waals surface area contributed by atoms with Crippen LogP contribution in [0.3, 0.4) is 0 Å². The zero-order valence-electron chi connectivity index (χ0n) is 61.3. The Morgan fingerprint density at radius 2 is 0.180 bits per heavy atom. The van der Waals surface area contributed by atoms with Crippen LogP contribution >= 0.6 is 0 Å². The van der Waals surface area contributed by atoms with Gasteiger partial charge in [0.2, 0.25) is 132 Å². The zero-order valence-corrected chi connectivity index (χ0v) is 61.3. The fraction of sp³-hybridized carbons (Fsp3) is 0. The van der Waals surface area contributed by atoms with E-state index in [2.05, 4.69) is 0 Å². The quantitative estimate of drug-likeness (QED) is 0.0437. The van der Waals surface area contributed by atoms with Crippen molar-refractivity contribution in [3.05, 3.63) is 0 Å². The summed E-state index contributed by atoms with van der Waals surface area (Å²) in [6.45, 7) is 0. The van der Waals surface area contributed by atoms with Gasteiger partial charge in [-0.1, -0.05) is 0 Å². The number of aromatic hydroxyl groups is 48. The first-order valence-electron chi connectivity index (χ1n) is 34.3. The van der Waals surface area contributed by atoms with E-state index in [1.54, 1.807) is 0 Å². The Morgan fingerprint density at radius 1 is 0.0703 bits per heavy atom. The summed E-state index contributed by atoms with van der Waals surface area (Å²) in [5, 5.41) is 510. The van der Waals surface area contributed by atoms with Gasteiger partial charge in [-0.25, -0.2) is 0 Å². The first-order valence-corrected chi connectivity index (χ1v) is 34.3. The lowest BCUT2D eigenvalue weighted by atomic mass is 9.81. The summed E-state index contributed by atoms with van der Waals surface area (Å²) in [4.78, 5) is 0. The summed E-state index contributed by atoms with van der Waals surface area (Å²) < 4.78 is 10.8. The van der Waals surface area contributed by atoms with Crippen molar-refractivity contribution in [3.8, 4) is 332 Å². The SMILES string of the molecule is Oc1c(O)c(O)c(-c2c(O)c(O)c3c(O)c(-c4c5c(O)c(O)c(O)c(O)c5c(-c5c(O)c(O)c(O)c6oc7c(O)c(O)c(O)c(O)c7c56)c5c(O)c(O)c(O)c(O)c45)c(O)c(O)c3c2O)c(O)c1O.Oc1c(O)c(O)c2c(oc3c(O)c(O)c(O)c(-c4c5c(O)c(O)c(O)c(O)c5c(-c5c(O)c(O)c6c(O)c(O)c(O)c(O)c6c5O)c5c(O)c(O)c(O)c(O)c45)c32)c1O. The molecule has 0 saturated heterocycles. The van der Waals surface area contributed by atoms with Crippen LogP contribution in [0.4, 0.5) is 0 Å². The van der Waals surface area contributed by atoms with Gasteiger partial charge in [-0.2, -0.15) is 0 Å². The Morgan fingerprint density at radius 3 is 0.398 bits per heavy atom. The standard InChI is InChI=1S/C42H26O27.C36H22O23/c43-15-9(22(50)23(51)11-10(15)24(52)25(53)12(16(11)44)13-26(54)33(61)37(65)34(62)27(13)55)2-5-3(17(45)29(57)31(59)19(5)47)1(4-6(2)20(48)32(60)30(58)18(4)46)7-8-14-28(56)35(63)38(66)40(68)42(14)69-41(8)39(67)36(64)21(7)49;37-13-9(19(43)20(44)11-10(13)21(45)28(52)29(53)22(11)46)2-5-3(14(38)24(48)26(50)16(5)40)1(4-6(2)17(41)27(51)25(49)15(4)39)7-8-12-23(47)30(54)32(56)34(58)36(12)59-35(8)33(57)31(55)18(7)42/h43-68H;37-58H. The average molecular weight is 1790 g/mol. The molecular formula is C78H48O50. The van der Waals surface area contributed by atoms with Crippen molar-refractivity contribution in [3.63, 3.8) is 0 Å². The van der Waals surface area contributed by atoms with Crippen LogP contribution in [-0.2, 0) is 0 Å². The van der Waals surface area contributed by atoms with Gasteiger partial charge in [-0.15, -0.1) is 0 Å². The maximum Gasteiger partial charge on any atom is 0.208 e. The van der Waals surface area contributed by atoms with Crippen LogP contribution in [0.2, 0.25) is 0 Å². The molecule has 0 aliphatic rings. The number of phenolic OH excluding ortho intramolecular Hbond substituents is 48. The van der Waals surface area contributed by atoms with Gasteiger partial charge < -0.3 is 254 Å². The third kappa shape index (κ3) is 9.40. The number of benzene rings is 15. The summed E-state index contributed by atoms with van der Waals surface area (Å²) in [7, 11) is 0. The fourth-order valence-electron chi connectivity index (χ4n) is 15.9. The van der Waals surface area contributed by atoms with E-state index in [1.165, 1.54) is 0 Å². The predicted octanol–water partition coefficient (Wildman–Crippen LogP) is 8.29. The summed E-state index contributed by atoms with van der Waals surface area (Å²) in [5.74, 6) is -77.8. The molecule has 0 aliphatic carbocycles. The molecule has 0 spiro atoms. The highest BCUT2D eigenvalue weighted by molar-refractivity contribution is 6.37. The number of hydrogen-bond donors (Lipinski definition) is 48. The third-order valence-corrected chi connectivity index (χ3v) is 21.7. The topological polar surface area (TPSA) is 997 Å². The normalized spacial score (nSPS) is 11.8. The maximum absolute atomic E-state index is 12.1. The van der Waals surface area contributed by atoms with Crippen LogP contribution in [-0.4, -0.2) is 245 Å². The number of furan rings is 2. The van der Waals surface area contributed by atoms with E-state index in [0.717, 1.165) is 0 Å². The van der Waals surface area contributed by atoms with Crippen LogP contribution in [0, 0.1) is 0 Å². The Bertz CT molecular complexity index is 8070. The summed E-state index contributed by atoms with van der Waals surface area (Å²) >= 11 is 0. The minimum atomic E-state index is -1.84. The fourth-order valence-corrected chi connectivity index (χ4v) is 15.9. The van der Waals surface area contributed by atoms with E-state index in [1.807, 2.05) is 0 Å². The second kappa shape index (κ2) is 25.7. The predicted molar refractivity (Wildman–Crippen MR) is 420 cm³/mol. The van der Waals surface area contributed by atoms with E-state index < -0.39 is 440 Å². The second-order valence-corrected chi connectivity index (χ2v) is 28.0. The number of fused-ring (bicyclic) bond motifs is 12. The van der Waals surface area contributed by atoms with E-state index >= 15 is 0 Å². The molecule has 128 heavy (non-hydrogen) atoms. The van der Waals surface area contributed by atoms with Gasteiger partial charge in [0.15, 0.2) is 149 Å². The van der Waals surface area contributed by atoms with Crippen molar-refractivity contribution in [2.24, 2.45) is 0 Å². The van der Waals surface area contributed by atoms with Crippen molar-refractivity contribution in [2.45, 2.75) is 0 Å². The highest BCUT2D eigenvalue weighted by atomic mass is 16.4. The highest BCUT2D eigenvalue weighted by Gasteiger charge is 2.45. The van der Waals surface area contributed by atoms with E-state index in [-0.39, 0.29) is 0 Å². The minimum absolute atomic E-state index is 0.981. The Labute approximate surface area is 691 Å². The lowest BCUT2D eigenvalue weighted by Crippen LogP contribution is -1.97. The summed E-state index contributed by atoms with van der Waals surface area (Å²) in [5.41, 5.74) is -17.9. The van der Waals surface area contributed by atoms with Gasteiger partial charge >= 0.3 is 0 Å². The molecule has 0 amide bonds. The summed E-state index contributed by atoms with van der Waals surface area (Å²) in [6.07, 6.45) is 0. The van der Waals surface area contributed by atoms with E-state index in [0.29, 0.717) is 0 Å². The zero-order chi connectivity index (χ0) is 94.4. The van der Waals surface area contributed by atoms with Gasteiger partial charge in [0.1, 0.15) is 17.2 Å². The molecule has 2 heterocycles. The monoisotopic (exact) mass is 1780 g/mol. The van der Waals surface area contributed by atoms with Crippen molar-refractivity contribution >= 4 is 109 Å². The van der Waals surface area contributed by atoms with Gasteiger partial charge in [0.25, 0.3) is 0 Å². The largest absolute Gasteiger partial charge is 0.506 e. The first-order chi connectivity index (χ1) is 59.7. The number of phenols is 48. The molecule has 0 saturated carbocycles. The second-order valence-electron chi connectivity index (χ2n) is 28.0. The van der Waals surface area contributed by atoms with Gasteiger partial charge in [0, 0.05) is 87.2 Å². The average Bonchev–Trinajstić information content (AvgIpc) is 1.05. The minimum Gasteiger partial charge on any atom is -0.506 e. The van der Waals surface area contributed by atoms with Crippen LogP contribution in [0.15, 0.2) is 8.83 Å². The summed E-state index contributed by atoms with van der Waals surface area (Å²) in [6, 6.07) is 0. The molecule has 2 aromatic heterocycles. The van der Waals surface area contributed by atoms with Crippen LogP contribution in [0.1, 0.15) is 0 Å². The molecular weight excluding hydrogens is 1740 g/mol. The maximum atomic E-state index is 12.1. The molecule has 0 fully saturated rings. The van der Waals surface area contributed by atoms with E-state index in [9.17, 15) is 245 Å². The van der Waals surface area contributed by atoms with Crippen molar-refractivity contribution < 1.29 is 254 Å². The highest BCUT2D eigenvalue weighted by Crippen LogP contribution is 2.74. The van der Waals surface area contributed by atoms with Crippen molar-refractivity contribution in [2.75, 3.05) is 0 Å². The lowest BCUT2D eigenvalue weighted by molar-refractivity contribution is 0.329. The van der Waals surface area contributed by atoms with Gasteiger partial charge in [-0.05, 0) is 0 Å². The molecule has 0 bridgehead atoms. The molecule has 17 rings (SSSR count). The number of rotatable bonds is 5. The van der Waals surface area contributed by atoms with Gasteiger partial charge in [-0.3, -0.25) is 0 Å². The van der Waals surface area contributed by atoms with Crippen LogP contribution < -0.4 is 0 Å². The van der Waals surface area contributed by atoms with Crippen LogP contribution in [0.5, 0.6) is 276 Å². The molecule has 48 N–H and O–H groups in total. The Kier molecular flexibility index (Phi) is 16.4. The molecule has 0 aliphatic heterocycles. The van der Waals surface area contributed by atoms with Crippen molar-refractivity contribution in [1.29, 1.82) is 0 Å². The van der Waals surface area contributed by atoms with E-state index in [4.69, 9.17) is 8.83 Å². The third-order valence-electron chi connectivity index (χ3n) is 21.7. The molecule has 0 radical (unpaired) electrons. The van der Waals surface area contributed by atoms with Crippen molar-refractivity contribution in [1.82, 2.24) is 0 Å². The lowest BCUT2D eigenvalue weighted by Gasteiger charge is -2.25. The first kappa shape index (κ1) is 81.6. The molecule has 17 aromatic rings. The molecule has 50 heteroatoms. The van der Waals surface area contributed by atoms with Gasteiger partial charge in [0.05, 0.1) is 54.6 Å². The molecule has 0 atom stereocenters. The molecule has 0 unspecified atom stereocenters. The molecule has 15 aromatic carbocycles. The molecule has 660 valence electrons. The Balaban J connectivity index is 0.000000190. The number of hydrogen-bond acceptors (Lipinski definition) is 50. The molecule has 50 nitrogen and oxygen atoms in total. The Hall–Kier alpha value is -20.1.